The first-order chi connectivity index (χ1) is 7.49. The third-order valence-electron chi connectivity index (χ3n) is 1.96. The summed E-state index contributed by atoms with van der Waals surface area (Å²) in [6, 6.07) is 4.19. The van der Waals surface area contributed by atoms with Gasteiger partial charge in [0.05, 0.1) is 4.99 Å². The van der Waals surface area contributed by atoms with Crippen molar-refractivity contribution < 1.29 is 9.18 Å². The molecule has 0 aliphatic heterocycles. The average Bonchev–Trinajstić information content (AvgIpc) is 2.15. The van der Waals surface area contributed by atoms with Crippen molar-refractivity contribution >= 4 is 23.1 Å². The first-order valence-electron chi connectivity index (χ1n) is 4.83. The number of thiocarbonyl (C=S) groups is 1. The molecule has 0 fully saturated rings. The number of hydrogen-bond donors (Lipinski definition) is 2. The number of carbonyl (C=O) groups excluding carboxylic acids is 1. The molecule has 1 rings (SSSR count). The topological polar surface area (TPSA) is 55.1 Å². The molecular formula is C11H13FN2OS. The summed E-state index contributed by atoms with van der Waals surface area (Å²) < 4.78 is 13.0. The summed E-state index contributed by atoms with van der Waals surface area (Å²) in [5.41, 5.74) is 6.30. The fourth-order valence-electron chi connectivity index (χ4n) is 1.27. The molecule has 5 heteroatoms. The zero-order valence-corrected chi connectivity index (χ0v) is 9.73. The summed E-state index contributed by atoms with van der Waals surface area (Å²) in [5, 5.41) is 2.61. The van der Waals surface area contributed by atoms with Gasteiger partial charge < -0.3 is 11.1 Å². The molecule has 0 atom stereocenters. The van der Waals surface area contributed by atoms with Crippen LogP contribution in [0.5, 0.6) is 0 Å². The molecule has 3 nitrogen and oxygen atoms in total. The molecule has 0 aliphatic rings. The first kappa shape index (κ1) is 12.6. The zero-order valence-electron chi connectivity index (χ0n) is 8.92. The summed E-state index contributed by atoms with van der Waals surface area (Å²) in [6.07, 6.45) is 0.440. The summed E-state index contributed by atoms with van der Waals surface area (Å²) in [7, 11) is 0. The number of nitrogens with one attached hydrogen (secondary N) is 1. The molecule has 0 unspecified atom stereocenters. The van der Waals surface area contributed by atoms with E-state index in [1.54, 1.807) is 13.0 Å². The van der Waals surface area contributed by atoms with E-state index in [9.17, 15) is 9.18 Å². The Morgan fingerprint density at radius 3 is 2.75 bits per heavy atom. The number of halogens is 1. The highest BCUT2D eigenvalue weighted by Gasteiger charge is 2.07. The Balaban J connectivity index is 2.62. The van der Waals surface area contributed by atoms with Crippen LogP contribution in [0.1, 0.15) is 22.3 Å². The van der Waals surface area contributed by atoms with Gasteiger partial charge >= 0.3 is 0 Å². The van der Waals surface area contributed by atoms with Crippen LogP contribution in [0.4, 0.5) is 4.39 Å². The molecule has 16 heavy (non-hydrogen) atoms. The second kappa shape index (κ2) is 5.55. The van der Waals surface area contributed by atoms with Gasteiger partial charge in [-0.2, -0.15) is 0 Å². The van der Waals surface area contributed by atoms with E-state index in [1.807, 2.05) is 0 Å². The number of rotatable bonds is 4. The highest BCUT2D eigenvalue weighted by Crippen LogP contribution is 2.08. The Morgan fingerprint density at radius 1 is 1.50 bits per heavy atom. The standard InChI is InChI=1S/C11H13FN2OS/c1-7-4-8(6-9(12)5-7)11(15)14-3-2-10(13)16/h4-6H,2-3H2,1H3,(H2,13,16)(H,14,15). The molecular weight excluding hydrogens is 227 g/mol. The minimum absolute atomic E-state index is 0.306. The van der Waals surface area contributed by atoms with Crippen molar-refractivity contribution in [2.45, 2.75) is 13.3 Å². The van der Waals surface area contributed by atoms with Crippen molar-refractivity contribution in [3.8, 4) is 0 Å². The van der Waals surface area contributed by atoms with Gasteiger partial charge in [-0.25, -0.2) is 4.39 Å². The Bertz CT molecular complexity index is 400. The number of hydrogen-bond acceptors (Lipinski definition) is 2. The van der Waals surface area contributed by atoms with E-state index in [4.69, 9.17) is 5.73 Å². The number of nitrogens with two attached hydrogens (primary N) is 1. The normalized spacial score (nSPS) is 9.88. The van der Waals surface area contributed by atoms with E-state index in [0.717, 1.165) is 0 Å². The lowest BCUT2D eigenvalue weighted by molar-refractivity contribution is 0.0954. The predicted molar refractivity (Wildman–Crippen MR) is 64.9 cm³/mol. The average molecular weight is 240 g/mol. The van der Waals surface area contributed by atoms with Crippen molar-refractivity contribution in [2.75, 3.05) is 6.54 Å². The molecule has 86 valence electrons. The fourth-order valence-corrected chi connectivity index (χ4v) is 1.37. The molecule has 0 radical (unpaired) electrons. The molecule has 0 aliphatic carbocycles. The van der Waals surface area contributed by atoms with Crippen LogP contribution < -0.4 is 11.1 Å². The molecule has 0 spiro atoms. The monoisotopic (exact) mass is 240 g/mol. The van der Waals surface area contributed by atoms with Crippen LogP contribution in [0, 0.1) is 12.7 Å². The maximum absolute atomic E-state index is 13.0. The largest absolute Gasteiger partial charge is 0.393 e. The van der Waals surface area contributed by atoms with E-state index < -0.39 is 5.82 Å². The van der Waals surface area contributed by atoms with Crippen LogP contribution in [0.15, 0.2) is 18.2 Å². The number of aryl methyl sites for hydroxylation is 1. The summed E-state index contributed by atoms with van der Waals surface area (Å²) in [5.74, 6) is -0.738. The van der Waals surface area contributed by atoms with Gasteiger partial charge in [0.15, 0.2) is 0 Å². The minimum atomic E-state index is -0.417. The Hall–Kier alpha value is -1.49. The van der Waals surface area contributed by atoms with Gasteiger partial charge in [0.25, 0.3) is 5.91 Å². The van der Waals surface area contributed by atoms with Crippen molar-refractivity contribution in [3.63, 3.8) is 0 Å². The van der Waals surface area contributed by atoms with Gasteiger partial charge in [0, 0.05) is 18.5 Å². The Kier molecular flexibility index (Phi) is 4.37. The molecule has 0 heterocycles. The van der Waals surface area contributed by atoms with Crippen molar-refractivity contribution in [2.24, 2.45) is 5.73 Å². The van der Waals surface area contributed by atoms with Crippen LogP contribution in [-0.2, 0) is 0 Å². The molecule has 1 aromatic rings. The second-order valence-corrected chi connectivity index (χ2v) is 4.01. The highest BCUT2D eigenvalue weighted by atomic mass is 32.1. The maximum atomic E-state index is 13.0. The third-order valence-corrected chi connectivity index (χ3v) is 2.17. The number of benzene rings is 1. The SMILES string of the molecule is Cc1cc(F)cc(C(=O)NCCC(N)=S)c1. The molecule has 0 bridgehead atoms. The molecule has 0 saturated heterocycles. The highest BCUT2D eigenvalue weighted by molar-refractivity contribution is 7.80. The quantitative estimate of drug-likeness (QED) is 0.785. The van der Waals surface area contributed by atoms with Crippen LogP contribution in [0.2, 0.25) is 0 Å². The molecule has 1 amide bonds. The third kappa shape index (κ3) is 3.94. The Morgan fingerprint density at radius 2 is 2.19 bits per heavy atom. The van der Waals surface area contributed by atoms with E-state index in [1.165, 1.54) is 12.1 Å². The van der Waals surface area contributed by atoms with E-state index in [-0.39, 0.29) is 5.91 Å². The van der Waals surface area contributed by atoms with Crippen molar-refractivity contribution in [3.05, 3.63) is 35.1 Å². The van der Waals surface area contributed by atoms with Gasteiger partial charge in [-0.15, -0.1) is 0 Å². The summed E-state index contributed by atoms with van der Waals surface area (Å²) >= 11 is 4.67. The summed E-state index contributed by atoms with van der Waals surface area (Å²) in [4.78, 5) is 11.9. The van der Waals surface area contributed by atoms with Gasteiger partial charge in [0.2, 0.25) is 0 Å². The first-order valence-corrected chi connectivity index (χ1v) is 5.23. The van der Waals surface area contributed by atoms with Gasteiger partial charge in [-0.05, 0) is 30.7 Å². The van der Waals surface area contributed by atoms with E-state index in [2.05, 4.69) is 17.5 Å². The van der Waals surface area contributed by atoms with Gasteiger partial charge in [0.1, 0.15) is 5.82 Å². The number of carbonyl (C=O) groups is 1. The second-order valence-electron chi connectivity index (χ2n) is 3.49. The van der Waals surface area contributed by atoms with E-state index >= 15 is 0 Å². The van der Waals surface area contributed by atoms with Crippen molar-refractivity contribution in [1.82, 2.24) is 5.32 Å². The minimum Gasteiger partial charge on any atom is -0.393 e. The maximum Gasteiger partial charge on any atom is 0.251 e. The lowest BCUT2D eigenvalue weighted by Gasteiger charge is -2.05. The molecule has 0 saturated carbocycles. The van der Waals surface area contributed by atoms with Crippen LogP contribution in [-0.4, -0.2) is 17.4 Å². The molecule has 1 aromatic carbocycles. The smallest absolute Gasteiger partial charge is 0.251 e. The Labute approximate surface area is 98.8 Å². The lowest BCUT2D eigenvalue weighted by Crippen LogP contribution is -2.27. The van der Waals surface area contributed by atoms with Gasteiger partial charge in [-0.1, -0.05) is 12.2 Å². The van der Waals surface area contributed by atoms with Crippen LogP contribution in [0.3, 0.4) is 0 Å². The fraction of sp³-hybridized carbons (Fsp3) is 0.273. The van der Waals surface area contributed by atoms with Gasteiger partial charge in [-0.3, -0.25) is 4.79 Å². The van der Waals surface area contributed by atoms with Crippen molar-refractivity contribution in [1.29, 1.82) is 0 Å². The number of amides is 1. The van der Waals surface area contributed by atoms with Crippen LogP contribution >= 0.6 is 12.2 Å². The molecule has 3 N–H and O–H groups in total. The zero-order chi connectivity index (χ0) is 12.1. The lowest BCUT2D eigenvalue weighted by atomic mass is 10.1. The molecule has 0 aromatic heterocycles. The van der Waals surface area contributed by atoms with E-state index in [0.29, 0.717) is 29.1 Å². The van der Waals surface area contributed by atoms with Crippen LogP contribution in [0.25, 0.3) is 0 Å². The summed E-state index contributed by atoms with van der Waals surface area (Å²) in [6.45, 7) is 2.10. The predicted octanol–water partition coefficient (Wildman–Crippen LogP) is 1.54.